The van der Waals surface area contributed by atoms with E-state index in [0.717, 1.165) is 22.5 Å². The second-order valence-electron chi connectivity index (χ2n) is 4.96. The molecule has 0 aliphatic carbocycles. The molecule has 2 rings (SSSR count). The monoisotopic (exact) mass is 370 g/mol. The van der Waals surface area contributed by atoms with Gasteiger partial charge in [0.15, 0.2) is 0 Å². The number of morpholine rings is 1. The minimum absolute atomic E-state index is 0.0926. The van der Waals surface area contributed by atoms with Crippen LogP contribution in [0.15, 0.2) is 23.1 Å². The lowest BCUT2D eigenvalue weighted by atomic mass is 10.2. The molecule has 1 aromatic carbocycles. The molecule has 0 bridgehead atoms. The zero-order valence-electron chi connectivity index (χ0n) is 12.3. The van der Waals surface area contributed by atoms with E-state index < -0.39 is 40.0 Å². The minimum atomic E-state index is -4.66. The summed E-state index contributed by atoms with van der Waals surface area (Å²) in [5.74, 6) is -2.46. The van der Waals surface area contributed by atoms with Gasteiger partial charge in [-0.05, 0) is 18.2 Å². The molecule has 0 aromatic heterocycles. The highest BCUT2D eigenvalue weighted by Gasteiger charge is 2.30. The molecule has 1 N–H and O–H groups in total. The van der Waals surface area contributed by atoms with Crippen LogP contribution >= 0.6 is 0 Å². The van der Waals surface area contributed by atoms with Gasteiger partial charge in [-0.1, -0.05) is 0 Å². The highest BCUT2D eigenvalue weighted by Crippen LogP contribution is 2.21. The van der Waals surface area contributed by atoms with Crippen molar-refractivity contribution in [2.75, 3.05) is 32.8 Å². The maximum absolute atomic E-state index is 13.7. The number of sulfonamides is 1. The summed E-state index contributed by atoms with van der Waals surface area (Å²) in [6.45, 7) is -1.07. The molecule has 0 spiro atoms. The molecule has 6 nitrogen and oxygen atoms in total. The fourth-order valence-electron chi connectivity index (χ4n) is 2.05. The molecule has 1 aliphatic heterocycles. The fraction of sp³-hybridized carbons (Fsp3) is 0.462. The van der Waals surface area contributed by atoms with Crippen LogP contribution in [-0.4, -0.2) is 57.7 Å². The predicted molar refractivity (Wildman–Crippen MR) is 74.4 cm³/mol. The van der Waals surface area contributed by atoms with Gasteiger partial charge < -0.3 is 10.1 Å². The van der Waals surface area contributed by atoms with Crippen molar-refractivity contribution < 1.29 is 35.5 Å². The van der Waals surface area contributed by atoms with Gasteiger partial charge in [0.1, 0.15) is 12.4 Å². The van der Waals surface area contributed by atoms with Crippen molar-refractivity contribution in [3.8, 4) is 0 Å². The Labute approximate surface area is 135 Å². The first-order valence-electron chi connectivity index (χ1n) is 6.84. The third-order valence-corrected chi connectivity index (χ3v) is 5.13. The Balaban J connectivity index is 2.26. The average Bonchev–Trinajstić information content (AvgIpc) is 2.53. The van der Waals surface area contributed by atoms with Crippen LogP contribution in [0.25, 0.3) is 0 Å². The number of hydrogen-bond donors (Lipinski definition) is 1. The van der Waals surface area contributed by atoms with E-state index in [4.69, 9.17) is 4.74 Å². The third kappa shape index (κ3) is 4.42. The number of nitrogens with one attached hydrogen (secondary N) is 1. The van der Waals surface area contributed by atoms with Crippen molar-refractivity contribution in [2.45, 2.75) is 11.1 Å². The number of alkyl halides is 3. The molecule has 0 atom stereocenters. The third-order valence-electron chi connectivity index (χ3n) is 3.24. The molecule has 1 saturated heterocycles. The number of carbonyl (C=O) groups excluding carboxylic acids is 1. The van der Waals surface area contributed by atoms with Crippen molar-refractivity contribution in [2.24, 2.45) is 0 Å². The second kappa shape index (κ2) is 7.03. The van der Waals surface area contributed by atoms with Crippen LogP contribution in [0.1, 0.15) is 10.4 Å². The first-order valence-corrected chi connectivity index (χ1v) is 8.28. The Morgan fingerprint density at radius 3 is 2.46 bits per heavy atom. The molecule has 1 fully saturated rings. The van der Waals surface area contributed by atoms with Gasteiger partial charge >= 0.3 is 6.18 Å². The van der Waals surface area contributed by atoms with Crippen LogP contribution in [0.3, 0.4) is 0 Å². The van der Waals surface area contributed by atoms with E-state index in [1.54, 1.807) is 0 Å². The van der Waals surface area contributed by atoms with E-state index in [1.807, 2.05) is 0 Å². The van der Waals surface area contributed by atoms with E-state index in [-0.39, 0.29) is 31.2 Å². The Morgan fingerprint density at radius 2 is 1.88 bits per heavy atom. The van der Waals surface area contributed by atoms with Crippen molar-refractivity contribution in [1.82, 2.24) is 9.62 Å². The zero-order chi connectivity index (χ0) is 18.0. The maximum atomic E-state index is 13.7. The standard InChI is InChI=1S/C13H14F4N2O4S/c14-11-2-1-9(24(21,22)19-3-5-23-6-4-19)7-10(11)12(20)18-8-13(15,16)17/h1-2,7H,3-6,8H2,(H,18,20). The van der Waals surface area contributed by atoms with E-state index in [9.17, 15) is 30.8 Å². The van der Waals surface area contributed by atoms with Crippen LogP contribution < -0.4 is 5.32 Å². The largest absolute Gasteiger partial charge is 0.405 e. The maximum Gasteiger partial charge on any atom is 0.405 e. The quantitative estimate of drug-likeness (QED) is 0.807. The van der Waals surface area contributed by atoms with Gasteiger partial charge in [0.05, 0.1) is 23.7 Å². The molecule has 0 radical (unpaired) electrons. The first-order chi connectivity index (χ1) is 11.1. The Kier molecular flexibility index (Phi) is 5.45. The van der Waals surface area contributed by atoms with E-state index in [1.165, 1.54) is 5.32 Å². The first kappa shape index (κ1) is 18.6. The molecular weight excluding hydrogens is 356 g/mol. The second-order valence-corrected chi connectivity index (χ2v) is 6.89. The zero-order valence-corrected chi connectivity index (χ0v) is 13.1. The van der Waals surface area contributed by atoms with Crippen molar-refractivity contribution in [3.63, 3.8) is 0 Å². The highest BCUT2D eigenvalue weighted by molar-refractivity contribution is 7.89. The van der Waals surface area contributed by atoms with E-state index >= 15 is 0 Å². The minimum Gasteiger partial charge on any atom is -0.379 e. The number of nitrogens with zero attached hydrogens (tertiary/aromatic N) is 1. The summed E-state index contributed by atoms with van der Waals surface area (Å²) in [5.41, 5.74) is -0.770. The van der Waals surface area contributed by atoms with Crippen LogP contribution in [0, 0.1) is 5.82 Å². The lowest BCUT2D eigenvalue weighted by Gasteiger charge is -2.26. The average molecular weight is 370 g/mol. The number of benzene rings is 1. The van der Waals surface area contributed by atoms with Gasteiger partial charge in [-0.25, -0.2) is 12.8 Å². The van der Waals surface area contributed by atoms with E-state index in [0.29, 0.717) is 0 Å². The summed E-state index contributed by atoms with van der Waals surface area (Å²) >= 11 is 0. The fourth-order valence-corrected chi connectivity index (χ4v) is 3.49. The predicted octanol–water partition coefficient (Wildman–Crippen LogP) is 1.14. The molecule has 1 aromatic rings. The lowest BCUT2D eigenvalue weighted by Crippen LogP contribution is -2.40. The SMILES string of the molecule is O=C(NCC(F)(F)F)c1cc(S(=O)(=O)N2CCOCC2)ccc1F. The van der Waals surface area contributed by atoms with Crippen LogP contribution in [-0.2, 0) is 14.8 Å². The number of hydrogen-bond acceptors (Lipinski definition) is 4. The van der Waals surface area contributed by atoms with Crippen LogP contribution in [0.4, 0.5) is 17.6 Å². The summed E-state index contributed by atoms with van der Waals surface area (Å²) < 4.78 is 81.1. The van der Waals surface area contributed by atoms with Crippen LogP contribution in [0.2, 0.25) is 0 Å². The van der Waals surface area contributed by atoms with Gasteiger partial charge in [0.2, 0.25) is 10.0 Å². The molecule has 1 aliphatic rings. The Bertz CT molecular complexity index is 715. The van der Waals surface area contributed by atoms with Crippen molar-refractivity contribution >= 4 is 15.9 Å². The molecule has 0 saturated carbocycles. The number of halogens is 4. The normalized spacial score (nSPS) is 16.8. The molecule has 24 heavy (non-hydrogen) atoms. The smallest absolute Gasteiger partial charge is 0.379 e. The number of carbonyl (C=O) groups is 1. The number of ether oxygens (including phenoxy) is 1. The molecule has 1 heterocycles. The summed E-state index contributed by atoms with van der Waals surface area (Å²) in [5, 5.41) is 1.51. The summed E-state index contributed by atoms with van der Waals surface area (Å²) in [7, 11) is -3.99. The van der Waals surface area contributed by atoms with Crippen molar-refractivity contribution in [1.29, 1.82) is 0 Å². The van der Waals surface area contributed by atoms with Crippen molar-refractivity contribution in [3.05, 3.63) is 29.6 Å². The van der Waals surface area contributed by atoms with Crippen LogP contribution in [0.5, 0.6) is 0 Å². The Hall–Kier alpha value is -1.72. The molecule has 11 heteroatoms. The van der Waals surface area contributed by atoms with Gasteiger partial charge in [-0.3, -0.25) is 4.79 Å². The summed E-state index contributed by atoms with van der Waals surface area (Å²) in [4.78, 5) is 11.3. The molecular formula is C13H14F4N2O4S. The number of amides is 1. The van der Waals surface area contributed by atoms with Gasteiger partial charge in [-0.2, -0.15) is 17.5 Å². The summed E-state index contributed by atoms with van der Waals surface area (Å²) in [6, 6.07) is 2.42. The Morgan fingerprint density at radius 1 is 1.25 bits per heavy atom. The number of rotatable bonds is 4. The van der Waals surface area contributed by atoms with Gasteiger partial charge in [0, 0.05) is 13.1 Å². The molecule has 0 unspecified atom stereocenters. The highest BCUT2D eigenvalue weighted by atomic mass is 32.2. The van der Waals surface area contributed by atoms with Gasteiger partial charge in [0.25, 0.3) is 5.91 Å². The lowest BCUT2D eigenvalue weighted by molar-refractivity contribution is -0.123. The molecule has 1 amide bonds. The van der Waals surface area contributed by atoms with Gasteiger partial charge in [-0.15, -0.1) is 0 Å². The van der Waals surface area contributed by atoms with E-state index in [2.05, 4.69) is 0 Å². The summed E-state index contributed by atoms with van der Waals surface area (Å²) in [6.07, 6.45) is -4.66. The topological polar surface area (TPSA) is 75.7 Å². The molecule has 134 valence electrons.